The minimum atomic E-state index is -0.183. The first-order valence-electron chi connectivity index (χ1n) is 5.26. The highest BCUT2D eigenvalue weighted by Gasteiger charge is 2.13. The third-order valence-electron chi connectivity index (χ3n) is 2.40. The molecule has 2 nitrogen and oxygen atoms in total. The van der Waals surface area contributed by atoms with Gasteiger partial charge in [0.25, 0.3) is 0 Å². The molecule has 0 unspecified atom stereocenters. The molecule has 1 N–H and O–H groups in total. The lowest BCUT2D eigenvalue weighted by molar-refractivity contribution is 0.101. The zero-order valence-electron chi connectivity index (χ0n) is 9.64. The van der Waals surface area contributed by atoms with E-state index in [-0.39, 0.29) is 17.1 Å². The third-order valence-corrected chi connectivity index (χ3v) is 4.80. The lowest BCUT2D eigenvalue weighted by Gasteiger charge is -2.08. The van der Waals surface area contributed by atoms with Crippen molar-refractivity contribution in [1.82, 2.24) is 0 Å². The molecule has 0 aliphatic rings. The van der Waals surface area contributed by atoms with E-state index in [9.17, 15) is 9.90 Å². The molecule has 0 saturated carbocycles. The van der Waals surface area contributed by atoms with Crippen molar-refractivity contribution in [3.63, 3.8) is 0 Å². The Hall–Kier alpha value is -0.970. The zero-order valence-corrected chi connectivity index (χ0v) is 12.0. The van der Waals surface area contributed by atoms with Gasteiger partial charge in [0.2, 0.25) is 0 Å². The van der Waals surface area contributed by atoms with E-state index in [1.54, 1.807) is 29.2 Å². The van der Waals surface area contributed by atoms with E-state index in [1.165, 1.54) is 17.2 Å². The number of rotatable bonds is 4. The van der Waals surface area contributed by atoms with Gasteiger partial charge in [-0.15, -0.1) is 23.1 Å². The summed E-state index contributed by atoms with van der Waals surface area (Å²) in [6, 6.07) is 7.19. The molecule has 1 aromatic carbocycles. The van der Waals surface area contributed by atoms with Gasteiger partial charge in [0, 0.05) is 16.3 Å². The van der Waals surface area contributed by atoms with Crippen LogP contribution >= 0.6 is 34.7 Å². The van der Waals surface area contributed by atoms with Gasteiger partial charge in [0.15, 0.2) is 5.78 Å². The Morgan fingerprint density at radius 2 is 2.28 bits per heavy atom. The Bertz CT molecular complexity index is 565. The van der Waals surface area contributed by atoms with Gasteiger partial charge >= 0.3 is 0 Å². The molecule has 1 aromatic heterocycles. The quantitative estimate of drug-likeness (QED) is 0.662. The number of Topliss-reactive ketones (excluding diaryl/α,β-unsaturated/α-hetero) is 1. The van der Waals surface area contributed by atoms with Gasteiger partial charge in [0.05, 0.1) is 9.77 Å². The lowest BCUT2D eigenvalue weighted by atomic mass is 10.1. The van der Waals surface area contributed by atoms with Crippen LogP contribution in [0, 0.1) is 0 Å². The summed E-state index contributed by atoms with van der Waals surface area (Å²) in [5.41, 5.74) is 0.968. The van der Waals surface area contributed by atoms with Crippen molar-refractivity contribution in [2.24, 2.45) is 0 Å². The fraction of sp³-hybridized carbons (Fsp3) is 0.154. The molecule has 0 aliphatic carbocycles. The van der Waals surface area contributed by atoms with Gasteiger partial charge in [-0.2, -0.15) is 0 Å². The number of ketones is 1. The Morgan fingerprint density at radius 1 is 1.50 bits per heavy atom. The van der Waals surface area contributed by atoms with Crippen LogP contribution in [0.2, 0.25) is 5.02 Å². The number of halogens is 1. The smallest absolute Gasteiger partial charge is 0.163 e. The summed E-state index contributed by atoms with van der Waals surface area (Å²) in [7, 11) is 0. The fourth-order valence-corrected chi connectivity index (χ4v) is 3.53. The molecule has 0 bridgehead atoms. The average molecular weight is 299 g/mol. The predicted molar refractivity (Wildman–Crippen MR) is 77.0 cm³/mol. The van der Waals surface area contributed by atoms with Crippen molar-refractivity contribution in [3.8, 4) is 5.75 Å². The molecule has 18 heavy (non-hydrogen) atoms. The van der Waals surface area contributed by atoms with E-state index in [0.29, 0.717) is 16.3 Å². The number of hydrogen-bond acceptors (Lipinski definition) is 4. The summed E-state index contributed by atoms with van der Waals surface area (Å²) in [5, 5.41) is 12.5. The number of carbonyl (C=O) groups is 1. The Balaban J connectivity index is 2.24. The molecule has 0 radical (unpaired) electrons. The maximum Gasteiger partial charge on any atom is 0.163 e. The number of aromatic hydroxyl groups is 1. The molecular weight excluding hydrogens is 288 g/mol. The maximum absolute atomic E-state index is 11.4. The molecule has 0 atom stereocenters. The highest BCUT2D eigenvalue weighted by Crippen LogP contribution is 2.34. The molecule has 0 fully saturated rings. The van der Waals surface area contributed by atoms with Crippen LogP contribution in [0.25, 0.3) is 0 Å². The molecule has 1 heterocycles. The summed E-state index contributed by atoms with van der Waals surface area (Å²) in [6.45, 7) is 1.42. The number of carbonyl (C=O) groups excluding carboxylic acids is 1. The first kappa shape index (κ1) is 13.5. The van der Waals surface area contributed by atoms with Crippen LogP contribution in [-0.4, -0.2) is 10.9 Å². The van der Waals surface area contributed by atoms with Crippen LogP contribution in [0.4, 0.5) is 0 Å². The van der Waals surface area contributed by atoms with Gasteiger partial charge in [-0.1, -0.05) is 17.7 Å². The first-order chi connectivity index (χ1) is 8.58. The Kier molecular flexibility index (Phi) is 4.32. The number of benzene rings is 1. The summed E-state index contributed by atoms with van der Waals surface area (Å²) < 4.78 is 1.17. The molecule has 2 rings (SSSR count). The van der Waals surface area contributed by atoms with Crippen molar-refractivity contribution >= 4 is 40.5 Å². The van der Waals surface area contributed by atoms with E-state index in [4.69, 9.17) is 11.6 Å². The highest BCUT2D eigenvalue weighted by molar-refractivity contribution is 8.00. The molecule has 2 aromatic rings. The van der Waals surface area contributed by atoms with Crippen molar-refractivity contribution in [2.75, 3.05) is 0 Å². The van der Waals surface area contributed by atoms with Gasteiger partial charge < -0.3 is 5.11 Å². The number of phenols is 1. The van der Waals surface area contributed by atoms with E-state index >= 15 is 0 Å². The number of thioether (sulfide) groups is 1. The second-order valence-corrected chi connectivity index (χ2v) is 6.40. The molecule has 0 saturated heterocycles. The molecule has 5 heteroatoms. The predicted octanol–water partition coefficient (Wildman–Crippen LogP) is 4.60. The SMILES string of the molecule is CC(=O)c1cc(Cl)cc(CSc2cccs2)c1O. The minimum Gasteiger partial charge on any atom is -0.507 e. The van der Waals surface area contributed by atoms with E-state index in [0.717, 1.165) is 0 Å². The standard InChI is InChI=1S/C13H11ClO2S2/c1-8(15)11-6-10(14)5-9(13(11)16)7-18-12-3-2-4-17-12/h2-6,16H,7H2,1H3. The number of phenolic OH excluding ortho intramolecular Hbond substituents is 1. The second kappa shape index (κ2) is 5.78. The first-order valence-corrected chi connectivity index (χ1v) is 7.51. The van der Waals surface area contributed by atoms with E-state index in [2.05, 4.69) is 0 Å². The van der Waals surface area contributed by atoms with Crippen molar-refractivity contribution in [2.45, 2.75) is 16.9 Å². The summed E-state index contributed by atoms with van der Waals surface area (Å²) >= 11 is 9.21. The highest BCUT2D eigenvalue weighted by atomic mass is 35.5. The molecule has 0 amide bonds. The minimum absolute atomic E-state index is 0.0379. The average Bonchev–Trinajstić information content (AvgIpc) is 2.82. The monoisotopic (exact) mass is 298 g/mol. The van der Waals surface area contributed by atoms with Crippen LogP contribution in [0.15, 0.2) is 33.9 Å². The molecule has 0 spiro atoms. The van der Waals surface area contributed by atoms with Gasteiger partial charge in [-0.3, -0.25) is 4.79 Å². The maximum atomic E-state index is 11.4. The lowest BCUT2D eigenvalue weighted by Crippen LogP contribution is -1.96. The molecule has 0 aliphatic heterocycles. The molecular formula is C13H11ClO2S2. The zero-order chi connectivity index (χ0) is 13.1. The van der Waals surface area contributed by atoms with Crippen LogP contribution in [0.3, 0.4) is 0 Å². The van der Waals surface area contributed by atoms with Crippen LogP contribution in [0.1, 0.15) is 22.8 Å². The normalized spacial score (nSPS) is 10.6. The van der Waals surface area contributed by atoms with Crippen LogP contribution < -0.4 is 0 Å². The summed E-state index contributed by atoms with van der Waals surface area (Å²) in [6.07, 6.45) is 0. The van der Waals surface area contributed by atoms with Crippen molar-refractivity contribution in [1.29, 1.82) is 0 Å². The van der Waals surface area contributed by atoms with Gasteiger partial charge in [-0.25, -0.2) is 0 Å². The topological polar surface area (TPSA) is 37.3 Å². The summed E-state index contributed by atoms with van der Waals surface area (Å²) in [4.78, 5) is 11.4. The Morgan fingerprint density at radius 3 is 2.89 bits per heavy atom. The van der Waals surface area contributed by atoms with Crippen molar-refractivity contribution < 1.29 is 9.90 Å². The molecule has 94 valence electrons. The largest absolute Gasteiger partial charge is 0.507 e. The Labute approximate surface area is 119 Å². The number of hydrogen-bond donors (Lipinski definition) is 1. The van der Waals surface area contributed by atoms with E-state index in [1.807, 2.05) is 17.5 Å². The van der Waals surface area contributed by atoms with Gasteiger partial charge in [-0.05, 0) is 30.5 Å². The van der Waals surface area contributed by atoms with Crippen molar-refractivity contribution in [3.05, 3.63) is 45.8 Å². The second-order valence-electron chi connectivity index (χ2n) is 3.74. The number of thiophene rings is 1. The third kappa shape index (κ3) is 3.07. The summed E-state index contributed by atoms with van der Waals surface area (Å²) in [5.74, 6) is 0.445. The van der Waals surface area contributed by atoms with Crippen LogP contribution in [-0.2, 0) is 5.75 Å². The van der Waals surface area contributed by atoms with E-state index < -0.39 is 0 Å². The fourth-order valence-electron chi connectivity index (χ4n) is 1.53. The van der Waals surface area contributed by atoms with Crippen LogP contribution in [0.5, 0.6) is 5.75 Å². The van der Waals surface area contributed by atoms with Gasteiger partial charge in [0.1, 0.15) is 5.75 Å².